The van der Waals surface area contributed by atoms with Crippen LogP contribution in [0.4, 0.5) is 5.82 Å². The Balaban J connectivity index is 1.94. The molecule has 0 aromatic carbocycles. The van der Waals surface area contributed by atoms with Gasteiger partial charge in [0.1, 0.15) is 5.82 Å². The smallest absolute Gasteiger partial charge is 0.123 e. The van der Waals surface area contributed by atoms with Gasteiger partial charge in [0, 0.05) is 19.7 Å². The Morgan fingerprint density at radius 2 is 2.25 bits per heavy atom. The molecule has 1 fully saturated rings. The summed E-state index contributed by atoms with van der Waals surface area (Å²) >= 11 is 0. The molecule has 0 radical (unpaired) electrons. The zero-order valence-electron chi connectivity index (χ0n) is 10.3. The third-order valence-corrected chi connectivity index (χ3v) is 3.88. The summed E-state index contributed by atoms with van der Waals surface area (Å²) in [6.45, 7) is 5.67. The lowest BCUT2D eigenvalue weighted by molar-refractivity contribution is 0.210. The first kappa shape index (κ1) is 11.5. The van der Waals surface area contributed by atoms with E-state index in [4.69, 9.17) is 0 Å². The van der Waals surface area contributed by atoms with Crippen molar-refractivity contribution in [2.24, 2.45) is 12.5 Å². The normalized spacial score (nSPS) is 19.6. The van der Waals surface area contributed by atoms with Gasteiger partial charge < -0.3 is 10.6 Å². The Labute approximate surface area is 97.4 Å². The quantitative estimate of drug-likeness (QED) is 0.813. The van der Waals surface area contributed by atoms with E-state index < -0.39 is 0 Å². The monoisotopic (exact) mass is 222 g/mol. The maximum Gasteiger partial charge on any atom is 0.123 e. The van der Waals surface area contributed by atoms with Gasteiger partial charge in [0.25, 0.3) is 0 Å². The maximum atomic E-state index is 4.17. The van der Waals surface area contributed by atoms with E-state index in [1.807, 2.05) is 24.0 Å². The van der Waals surface area contributed by atoms with Crippen LogP contribution in [0.25, 0.3) is 0 Å². The molecule has 1 aromatic heterocycles. The van der Waals surface area contributed by atoms with Crippen LogP contribution in [0.5, 0.6) is 0 Å². The van der Waals surface area contributed by atoms with E-state index in [0.717, 1.165) is 25.5 Å². The molecular formula is C12H22N4. The first-order valence-electron chi connectivity index (χ1n) is 6.18. The molecule has 1 aromatic rings. The molecule has 4 heteroatoms. The summed E-state index contributed by atoms with van der Waals surface area (Å²) in [5, 5.41) is 11.1. The Bertz CT molecular complexity index is 326. The van der Waals surface area contributed by atoms with Crippen molar-refractivity contribution < 1.29 is 0 Å². The summed E-state index contributed by atoms with van der Waals surface area (Å²) in [4.78, 5) is 0. The Morgan fingerprint density at radius 1 is 1.50 bits per heavy atom. The highest BCUT2D eigenvalue weighted by Crippen LogP contribution is 2.32. The second-order valence-corrected chi connectivity index (χ2v) is 4.80. The Morgan fingerprint density at radius 3 is 2.81 bits per heavy atom. The van der Waals surface area contributed by atoms with Crippen LogP contribution >= 0.6 is 0 Å². The summed E-state index contributed by atoms with van der Waals surface area (Å²) in [6, 6.07) is 2.03. The first-order valence-corrected chi connectivity index (χ1v) is 6.18. The average molecular weight is 222 g/mol. The van der Waals surface area contributed by atoms with Crippen LogP contribution in [0, 0.1) is 5.41 Å². The molecule has 2 N–H and O–H groups in total. The van der Waals surface area contributed by atoms with Gasteiger partial charge in [-0.05, 0) is 37.8 Å². The molecule has 16 heavy (non-hydrogen) atoms. The van der Waals surface area contributed by atoms with Crippen LogP contribution < -0.4 is 10.6 Å². The summed E-state index contributed by atoms with van der Waals surface area (Å²) < 4.78 is 1.89. The Hall–Kier alpha value is -1.03. The van der Waals surface area contributed by atoms with Crippen LogP contribution in [-0.4, -0.2) is 29.4 Å². The van der Waals surface area contributed by atoms with Gasteiger partial charge in [-0.3, -0.25) is 4.68 Å². The molecule has 4 nitrogen and oxygen atoms in total. The molecule has 0 spiro atoms. The zero-order valence-corrected chi connectivity index (χ0v) is 10.3. The van der Waals surface area contributed by atoms with Gasteiger partial charge in [0.15, 0.2) is 0 Å². The van der Waals surface area contributed by atoms with Crippen molar-refractivity contribution in [3.05, 3.63) is 12.3 Å². The van der Waals surface area contributed by atoms with Crippen molar-refractivity contribution in [1.82, 2.24) is 15.1 Å². The fourth-order valence-electron chi connectivity index (χ4n) is 2.44. The minimum atomic E-state index is 0.468. The summed E-state index contributed by atoms with van der Waals surface area (Å²) in [5.74, 6) is 1.12. The topological polar surface area (TPSA) is 41.9 Å². The maximum absolute atomic E-state index is 4.17. The lowest BCUT2D eigenvalue weighted by atomic mass is 9.76. The average Bonchev–Trinajstić information content (AvgIpc) is 2.74. The highest BCUT2D eigenvalue weighted by Gasteiger charge is 2.29. The largest absolute Gasteiger partial charge is 0.370 e. The number of nitrogens with zero attached hydrogens (tertiary/aromatic N) is 2. The second kappa shape index (κ2) is 4.87. The second-order valence-electron chi connectivity index (χ2n) is 4.80. The lowest BCUT2D eigenvalue weighted by Crippen LogP contribution is -2.40. The summed E-state index contributed by atoms with van der Waals surface area (Å²) in [5.41, 5.74) is 0.468. The predicted octanol–water partition coefficient (Wildman–Crippen LogP) is 1.61. The molecule has 1 saturated heterocycles. The van der Waals surface area contributed by atoms with E-state index in [2.05, 4.69) is 22.7 Å². The first-order chi connectivity index (χ1) is 7.76. The van der Waals surface area contributed by atoms with Crippen molar-refractivity contribution in [2.75, 3.05) is 25.0 Å². The van der Waals surface area contributed by atoms with Crippen molar-refractivity contribution in [1.29, 1.82) is 0 Å². The molecular weight excluding hydrogens is 200 g/mol. The minimum absolute atomic E-state index is 0.468. The van der Waals surface area contributed by atoms with Gasteiger partial charge in [0.05, 0.1) is 6.20 Å². The standard InChI is InChI=1S/C12H22N4/c1-3-12(5-8-13-9-6-12)10-14-11-4-7-15-16(11)2/h4,7,13-14H,3,5-6,8-10H2,1-2H3. The SMILES string of the molecule is CCC1(CNc2ccnn2C)CCNCC1. The Kier molecular flexibility index (Phi) is 3.49. The molecule has 2 heterocycles. The van der Waals surface area contributed by atoms with Gasteiger partial charge >= 0.3 is 0 Å². The van der Waals surface area contributed by atoms with Crippen LogP contribution in [0.3, 0.4) is 0 Å². The third kappa shape index (κ3) is 2.38. The van der Waals surface area contributed by atoms with Crippen molar-refractivity contribution in [3.63, 3.8) is 0 Å². The third-order valence-electron chi connectivity index (χ3n) is 3.88. The van der Waals surface area contributed by atoms with E-state index in [9.17, 15) is 0 Å². The van der Waals surface area contributed by atoms with Crippen molar-refractivity contribution >= 4 is 5.82 Å². The number of nitrogens with one attached hydrogen (secondary N) is 2. The lowest BCUT2D eigenvalue weighted by Gasteiger charge is -2.37. The van der Waals surface area contributed by atoms with E-state index in [1.54, 1.807) is 0 Å². The zero-order chi connectivity index (χ0) is 11.4. The van der Waals surface area contributed by atoms with Gasteiger partial charge in [-0.2, -0.15) is 5.10 Å². The molecule has 1 aliphatic rings. The number of rotatable bonds is 4. The van der Waals surface area contributed by atoms with E-state index in [-0.39, 0.29) is 0 Å². The van der Waals surface area contributed by atoms with Crippen LogP contribution in [0.15, 0.2) is 12.3 Å². The molecule has 1 aliphatic heterocycles. The van der Waals surface area contributed by atoms with E-state index in [0.29, 0.717) is 5.41 Å². The summed E-state index contributed by atoms with van der Waals surface area (Å²) in [6.07, 6.45) is 5.63. The highest BCUT2D eigenvalue weighted by molar-refractivity contribution is 5.33. The number of aromatic nitrogens is 2. The van der Waals surface area contributed by atoms with Crippen molar-refractivity contribution in [3.8, 4) is 0 Å². The number of anilines is 1. The highest BCUT2D eigenvalue weighted by atomic mass is 15.3. The van der Waals surface area contributed by atoms with E-state index in [1.165, 1.54) is 19.3 Å². The molecule has 0 unspecified atom stereocenters. The molecule has 0 aliphatic carbocycles. The minimum Gasteiger partial charge on any atom is -0.370 e. The fourth-order valence-corrected chi connectivity index (χ4v) is 2.44. The summed E-state index contributed by atoms with van der Waals surface area (Å²) in [7, 11) is 1.98. The molecule has 2 rings (SSSR count). The molecule has 90 valence electrons. The van der Waals surface area contributed by atoms with Gasteiger partial charge in [0.2, 0.25) is 0 Å². The van der Waals surface area contributed by atoms with Crippen LogP contribution in [-0.2, 0) is 7.05 Å². The van der Waals surface area contributed by atoms with Gasteiger partial charge in [-0.15, -0.1) is 0 Å². The number of hydrogen-bond donors (Lipinski definition) is 2. The molecule has 0 amide bonds. The fraction of sp³-hybridized carbons (Fsp3) is 0.750. The van der Waals surface area contributed by atoms with E-state index >= 15 is 0 Å². The molecule has 0 saturated carbocycles. The van der Waals surface area contributed by atoms with Crippen LogP contribution in [0.2, 0.25) is 0 Å². The number of hydrogen-bond acceptors (Lipinski definition) is 3. The number of aryl methyl sites for hydroxylation is 1. The predicted molar refractivity (Wildman–Crippen MR) is 66.5 cm³/mol. The van der Waals surface area contributed by atoms with Crippen LogP contribution in [0.1, 0.15) is 26.2 Å². The van der Waals surface area contributed by atoms with Gasteiger partial charge in [-0.1, -0.05) is 6.92 Å². The van der Waals surface area contributed by atoms with Gasteiger partial charge in [-0.25, -0.2) is 0 Å². The van der Waals surface area contributed by atoms with Crippen molar-refractivity contribution in [2.45, 2.75) is 26.2 Å². The number of piperidine rings is 1. The molecule has 0 bridgehead atoms. The molecule has 0 atom stereocenters.